The normalized spacial score (nSPS) is 16.9. The Bertz CT molecular complexity index is 2420. The van der Waals surface area contributed by atoms with Crippen LogP contribution in [0.5, 0.6) is 0 Å². The molecule has 1 aliphatic rings. The van der Waals surface area contributed by atoms with Crippen LogP contribution < -0.4 is 0 Å². The molecule has 3 aromatic carbocycles. The number of furan rings is 1. The molecule has 0 bridgehead atoms. The molecule has 1 aliphatic carbocycles. The summed E-state index contributed by atoms with van der Waals surface area (Å²) in [6, 6.07) is 32.3. The Morgan fingerprint density at radius 3 is 2.00 bits per heavy atom. The van der Waals surface area contributed by atoms with E-state index < -0.39 is 0 Å². The molecular formula is C51H55IrN3O-2. The smallest absolute Gasteiger partial charge is 0.216 e. The molecule has 0 spiro atoms. The van der Waals surface area contributed by atoms with Gasteiger partial charge in [0, 0.05) is 43.4 Å². The summed E-state index contributed by atoms with van der Waals surface area (Å²) in [7, 11) is 0. The number of benzene rings is 3. The number of nitrogens with zero attached hydrogens (tertiary/aromatic N) is 3. The molecular weight excluding hydrogens is 863 g/mol. The second kappa shape index (κ2) is 17.4. The fraction of sp³-hybridized carbons (Fsp3) is 0.353. The van der Waals surface area contributed by atoms with Crippen LogP contribution in [0.25, 0.3) is 55.8 Å². The van der Waals surface area contributed by atoms with E-state index in [0.717, 1.165) is 56.4 Å². The number of rotatable bonds is 6. The van der Waals surface area contributed by atoms with E-state index >= 15 is 0 Å². The maximum atomic E-state index is 6.57. The molecule has 1 saturated carbocycles. The van der Waals surface area contributed by atoms with Crippen LogP contribution in [-0.2, 0) is 20.1 Å². The van der Waals surface area contributed by atoms with E-state index in [1.807, 2.05) is 24.5 Å². The number of aromatic nitrogens is 3. The fourth-order valence-corrected chi connectivity index (χ4v) is 8.55. The predicted octanol–water partition coefficient (Wildman–Crippen LogP) is 14.1. The van der Waals surface area contributed by atoms with Crippen LogP contribution in [0.1, 0.15) is 118 Å². The van der Waals surface area contributed by atoms with E-state index in [0.29, 0.717) is 23.5 Å². The van der Waals surface area contributed by atoms with E-state index in [-0.39, 0.29) is 20.1 Å². The predicted molar refractivity (Wildman–Crippen MR) is 230 cm³/mol. The van der Waals surface area contributed by atoms with Crippen molar-refractivity contribution in [1.29, 1.82) is 0 Å². The summed E-state index contributed by atoms with van der Waals surface area (Å²) in [5.41, 5.74) is 16.7. The fourth-order valence-electron chi connectivity index (χ4n) is 8.55. The molecule has 4 nitrogen and oxygen atoms in total. The van der Waals surface area contributed by atoms with Gasteiger partial charge >= 0.3 is 0 Å². The number of pyridine rings is 3. The van der Waals surface area contributed by atoms with Gasteiger partial charge in [-0.1, -0.05) is 95.3 Å². The molecule has 2 unspecified atom stereocenters. The maximum Gasteiger partial charge on any atom is 0.216 e. The zero-order valence-electron chi connectivity index (χ0n) is 34.7. The van der Waals surface area contributed by atoms with Gasteiger partial charge in [-0.25, -0.2) is 4.98 Å². The van der Waals surface area contributed by atoms with Crippen LogP contribution in [0.2, 0.25) is 0 Å². The number of hydrogen-bond donors (Lipinski definition) is 0. The molecule has 1 fully saturated rings. The first kappa shape index (κ1) is 41.2. The second-order valence-corrected chi connectivity index (χ2v) is 16.8. The van der Waals surface area contributed by atoms with Gasteiger partial charge < -0.3 is 14.4 Å². The van der Waals surface area contributed by atoms with Crippen molar-refractivity contribution in [3.63, 3.8) is 0 Å². The van der Waals surface area contributed by atoms with Crippen molar-refractivity contribution in [3.8, 4) is 33.8 Å². The minimum absolute atomic E-state index is 0. The summed E-state index contributed by atoms with van der Waals surface area (Å²) < 4.78 is 6.57. The minimum atomic E-state index is 0. The quantitative estimate of drug-likeness (QED) is 0.156. The average Bonchev–Trinajstić information content (AvgIpc) is 3.54. The van der Waals surface area contributed by atoms with Crippen LogP contribution in [0.15, 0.2) is 89.6 Å². The monoisotopic (exact) mass is 918 g/mol. The topological polar surface area (TPSA) is 51.8 Å². The molecule has 4 aromatic heterocycles. The zero-order valence-corrected chi connectivity index (χ0v) is 37.1. The third-order valence-corrected chi connectivity index (χ3v) is 11.6. The average molecular weight is 918 g/mol. The minimum Gasteiger partial charge on any atom is -0.486 e. The number of hydrogen-bond acceptors (Lipinski definition) is 4. The van der Waals surface area contributed by atoms with Gasteiger partial charge in [-0.3, -0.25) is 0 Å². The van der Waals surface area contributed by atoms with Crippen LogP contribution >= 0.6 is 0 Å². The van der Waals surface area contributed by atoms with Crippen molar-refractivity contribution < 1.29 is 24.5 Å². The Morgan fingerprint density at radius 1 is 0.679 bits per heavy atom. The van der Waals surface area contributed by atoms with Crippen molar-refractivity contribution in [2.75, 3.05) is 0 Å². The van der Waals surface area contributed by atoms with E-state index in [4.69, 9.17) is 14.4 Å². The van der Waals surface area contributed by atoms with E-state index in [1.165, 1.54) is 63.8 Å². The molecule has 0 aliphatic heterocycles. The third-order valence-electron chi connectivity index (χ3n) is 11.6. The largest absolute Gasteiger partial charge is 0.486 e. The van der Waals surface area contributed by atoms with Gasteiger partial charge in [-0.05, 0) is 121 Å². The van der Waals surface area contributed by atoms with Gasteiger partial charge in [0.25, 0.3) is 0 Å². The van der Waals surface area contributed by atoms with E-state index in [9.17, 15) is 0 Å². The molecule has 0 amide bonds. The SMILES string of the molecule is Cc1c[c-]c(-c2cc(C)c(C)cn2)cc1.Cc1cnc(-c2[c-]ccc3c2oc2nc(-c4c(C(C)C)cccc4C(C)C)ccc23)cc1C1CC(C)CC(C)C1.[Ir]. The first-order chi connectivity index (χ1) is 26.4. The molecule has 4 heterocycles. The Balaban J connectivity index is 0.000000279. The summed E-state index contributed by atoms with van der Waals surface area (Å²) in [5.74, 6) is 2.90. The number of aryl methyl sites for hydroxylation is 4. The van der Waals surface area contributed by atoms with Crippen LogP contribution in [0.4, 0.5) is 0 Å². The summed E-state index contributed by atoms with van der Waals surface area (Å²) in [6.45, 7) is 22.2. The Labute approximate surface area is 348 Å². The Hall–Kier alpha value is -4.44. The van der Waals surface area contributed by atoms with Gasteiger partial charge in [0.05, 0.1) is 11.3 Å². The van der Waals surface area contributed by atoms with Gasteiger partial charge in [0.1, 0.15) is 0 Å². The van der Waals surface area contributed by atoms with Crippen LogP contribution in [-0.4, -0.2) is 15.0 Å². The molecule has 56 heavy (non-hydrogen) atoms. The first-order valence-corrected chi connectivity index (χ1v) is 20.1. The summed E-state index contributed by atoms with van der Waals surface area (Å²) in [6.07, 6.45) is 7.77. The molecule has 291 valence electrons. The molecule has 0 saturated heterocycles. The molecule has 7 aromatic rings. The summed E-state index contributed by atoms with van der Waals surface area (Å²) >= 11 is 0. The number of fused-ring (bicyclic) bond motifs is 3. The van der Waals surface area contributed by atoms with Gasteiger partial charge in [0.2, 0.25) is 5.71 Å². The van der Waals surface area contributed by atoms with Crippen molar-refractivity contribution in [3.05, 3.63) is 136 Å². The zero-order chi connectivity index (χ0) is 39.0. The molecule has 1 radical (unpaired) electrons. The van der Waals surface area contributed by atoms with Gasteiger partial charge in [0.15, 0.2) is 0 Å². The standard InChI is InChI=1S/C37H41N2O.C14H14N.Ir/c1-21(2)27-10-8-11-28(22(3)4)35(27)33-15-14-30-29-12-9-13-31(36(29)40-37(30)39-33)34-19-32(25(7)20-38-34)26-17-23(5)16-24(6)18-26;1-10-4-6-13(7-5-10)14-8-11(2)12(3)9-15-14;/h8-12,14-15,19-24,26H,16-18H2,1-7H3;4-6,8-9H,1-3H3;/q2*-1;. The van der Waals surface area contributed by atoms with Crippen molar-refractivity contribution in [2.45, 2.75) is 106 Å². The van der Waals surface area contributed by atoms with Gasteiger partial charge in [-0.2, -0.15) is 0 Å². The van der Waals surface area contributed by atoms with Crippen LogP contribution in [0, 0.1) is 51.7 Å². The van der Waals surface area contributed by atoms with E-state index in [2.05, 4.69) is 147 Å². The first-order valence-electron chi connectivity index (χ1n) is 20.1. The Morgan fingerprint density at radius 2 is 1.36 bits per heavy atom. The molecule has 0 N–H and O–H groups in total. The molecule has 5 heteroatoms. The van der Waals surface area contributed by atoms with Crippen molar-refractivity contribution in [2.24, 2.45) is 11.8 Å². The summed E-state index contributed by atoms with van der Waals surface area (Å²) in [5, 5.41) is 2.09. The molecule has 8 rings (SSSR count). The van der Waals surface area contributed by atoms with Gasteiger partial charge in [-0.15, -0.1) is 53.6 Å². The third kappa shape index (κ3) is 8.60. The summed E-state index contributed by atoms with van der Waals surface area (Å²) in [4.78, 5) is 14.4. The second-order valence-electron chi connectivity index (χ2n) is 16.8. The van der Waals surface area contributed by atoms with E-state index in [1.54, 1.807) is 0 Å². The van der Waals surface area contributed by atoms with Crippen molar-refractivity contribution in [1.82, 2.24) is 15.0 Å². The maximum absolute atomic E-state index is 6.57. The van der Waals surface area contributed by atoms with Crippen LogP contribution in [0.3, 0.4) is 0 Å². The molecule has 2 atom stereocenters. The Kier molecular flexibility index (Phi) is 12.8. The van der Waals surface area contributed by atoms with Crippen molar-refractivity contribution >= 4 is 22.1 Å².